The fraction of sp³-hybridized carbons (Fsp3) is 0.231. The van der Waals surface area contributed by atoms with E-state index in [0.29, 0.717) is 11.6 Å². The molecule has 0 bridgehead atoms. The van der Waals surface area contributed by atoms with Gasteiger partial charge >= 0.3 is 0 Å². The first kappa shape index (κ1) is 11.7. The van der Waals surface area contributed by atoms with Gasteiger partial charge in [-0.15, -0.1) is 0 Å². The summed E-state index contributed by atoms with van der Waals surface area (Å²) in [4.78, 5) is 4.32. The Labute approximate surface area is 105 Å². The Bertz CT molecular complexity index is 574. The van der Waals surface area contributed by atoms with Crippen LogP contribution in [-0.2, 0) is 0 Å². The van der Waals surface area contributed by atoms with Crippen molar-refractivity contribution < 1.29 is 0 Å². The third-order valence-electron chi connectivity index (χ3n) is 2.54. The molecule has 86 valence electrons. The second-order valence-electron chi connectivity index (χ2n) is 3.91. The van der Waals surface area contributed by atoms with Gasteiger partial charge in [-0.2, -0.15) is 5.26 Å². The van der Waals surface area contributed by atoms with Crippen molar-refractivity contribution >= 4 is 28.2 Å². The topological polar surface area (TPSA) is 48.7 Å². The lowest BCUT2D eigenvalue weighted by atomic mass is 10.1. The summed E-state index contributed by atoms with van der Waals surface area (Å²) in [6.07, 6.45) is 1.73. The maximum Gasteiger partial charge on any atom is 0.0948 e. The SMILES string of the molecule is CC(C#N)CNc1ccc(Cl)c2cccnc12. The summed E-state index contributed by atoms with van der Waals surface area (Å²) in [5.74, 6) is -0.0376. The summed E-state index contributed by atoms with van der Waals surface area (Å²) >= 11 is 6.10. The van der Waals surface area contributed by atoms with E-state index in [4.69, 9.17) is 16.9 Å². The molecule has 3 nitrogen and oxygen atoms in total. The van der Waals surface area contributed by atoms with Gasteiger partial charge in [-0.1, -0.05) is 11.6 Å². The Morgan fingerprint density at radius 3 is 3.06 bits per heavy atom. The third-order valence-corrected chi connectivity index (χ3v) is 2.87. The number of aromatic nitrogens is 1. The summed E-state index contributed by atoms with van der Waals surface area (Å²) in [5, 5.41) is 13.6. The molecule has 0 saturated heterocycles. The molecule has 0 fully saturated rings. The normalized spacial score (nSPS) is 12.1. The number of hydrogen-bond acceptors (Lipinski definition) is 3. The van der Waals surface area contributed by atoms with Crippen molar-refractivity contribution in [3.8, 4) is 6.07 Å². The molecule has 1 aromatic heterocycles. The smallest absolute Gasteiger partial charge is 0.0948 e. The lowest BCUT2D eigenvalue weighted by Gasteiger charge is -2.10. The van der Waals surface area contributed by atoms with E-state index in [-0.39, 0.29) is 5.92 Å². The maximum absolute atomic E-state index is 8.74. The van der Waals surface area contributed by atoms with Crippen molar-refractivity contribution in [2.45, 2.75) is 6.92 Å². The highest BCUT2D eigenvalue weighted by atomic mass is 35.5. The van der Waals surface area contributed by atoms with E-state index >= 15 is 0 Å². The van der Waals surface area contributed by atoms with Gasteiger partial charge in [0.15, 0.2) is 0 Å². The maximum atomic E-state index is 8.74. The zero-order chi connectivity index (χ0) is 12.3. The van der Waals surface area contributed by atoms with Crippen molar-refractivity contribution in [3.05, 3.63) is 35.5 Å². The van der Waals surface area contributed by atoms with Gasteiger partial charge in [-0.05, 0) is 31.2 Å². The van der Waals surface area contributed by atoms with E-state index < -0.39 is 0 Å². The van der Waals surface area contributed by atoms with E-state index in [9.17, 15) is 0 Å². The molecule has 17 heavy (non-hydrogen) atoms. The Kier molecular flexibility index (Phi) is 3.46. The minimum absolute atomic E-state index is 0.0376. The van der Waals surface area contributed by atoms with Gasteiger partial charge in [-0.3, -0.25) is 4.98 Å². The number of nitriles is 1. The van der Waals surface area contributed by atoms with Crippen LogP contribution in [0.5, 0.6) is 0 Å². The number of pyridine rings is 1. The molecule has 2 aromatic rings. The second kappa shape index (κ2) is 5.03. The van der Waals surface area contributed by atoms with Crippen LogP contribution >= 0.6 is 11.6 Å². The van der Waals surface area contributed by atoms with Crippen LogP contribution in [0, 0.1) is 17.2 Å². The summed E-state index contributed by atoms with van der Waals surface area (Å²) in [7, 11) is 0. The van der Waals surface area contributed by atoms with Crippen LogP contribution in [0.4, 0.5) is 5.69 Å². The average molecular weight is 246 g/mol. The van der Waals surface area contributed by atoms with Crippen molar-refractivity contribution in [1.29, 1.82) is 5.26 Å². The predicted molar refractivity (Wildman–Crippen MR) is 70.0 cm³/mol. The minimum atomic E-state index is -0.0376. The lowest BCUT2D eigenvalue weighted by molar-refractivity contribution is 0.787. The number of benzene rings is 1. The summed E-state index contributed by atoms with van der Waals surface area (Å²) in [5.41, 5.74) is 1.75. The number of nitrogens with one attached hydrogen (secondary N) is 1. The highest BCUT2D eigenvalue weighted by molar-refractivity contribution is 6.35. The van der Waals surface area contributed by atoms with E-state index in [1.807, 2.05) is 31.2 Å². The fourth-order valence-electron chi connectivity index (χ4n) is 1.59. The largest absolute Gasteiger partial charge is 0.382 e. The third kappa shape index (κ3) is 2.48. The molecule has 1 unspecified atom stereocenters. The molecule has 2 rings (SSSR count). The first-order chi connectivity index (χ1) is 8.22. The molecule has 0 spiro atoms. The number of rotatable bonds is 3. The average Bonchev–Trinajstić information content (AvgIpc) is 2.38. The fourth-order valence-corrected chi connectivity index (χ4v) is 1.80. The molecule has 0 aliphatic carbocycles. The van der Waals surface area contributed by atoms with Crippen LogP contribution in [0.1, 0.15) is 6.92 Å². The second-order valence-corrected chi connectivity index (χ2v) is 4.31. The van der Waals surface area contributed by atoms with Crippen LogP contribution in [0.25, 0.3) is 10.9 Å². The van der Waals surface area contributed by atoms with E-state index in [1.54, 1.807) is 6.20 Å². The molecule has 0 radical (unpaired) electrons. The number of halogens is 1. The van der Waals surface area contributed by atoms with Crippen LogP contribution < -0.4 is 5.32 Å². The van der Waals surface area contributed by atoms with Gasteiger partial charge in [0, 0.05) is 18.1 Å². The van der Waals surface area contributed by atoms with Crippen LogP contribution in [-0.4, -0.2) is 11.5 Å². The van der Waals surface area contributed by atoms with Crippen molar-refractivity contribution in [2.24, 2.45) is 5.92 Å². The van der Waals surface area contributed by atoms with Gasteiger partial charge in [0.25, 0.3) is 0 Å². The number of anilines is 1. The molecule has 0 amide bonds. The Morgan fingerprint density at radius 2 is 2.29 bits per heavy atom. The van der Waals surface area contributed by atoms with Crippen molar-refractivity contribution in [1.82, 2.24) is 4.98 Å². The van der Waals surface area contributed by atoms with E-state index in [0.717, 1.165) is 16.6 Å². The molecule has 0 aliphatic heterocycles. The zero-order valence-electron chi connectivity index (χ0n) is 9.44. The van der Waals surface area contributed by atoms with Gasteiger partial charge in [0.2, 0.25) is 0 Å². The molecule has 0 saturated carbocycles. The zero-order valence-corrected chi connectivity index (χ0v) is 10.2. The summed E-state index contributed by atoms with van der Waals surface area (Å²) < 4.78 is 0. The first-order valence-electron chi connectivity index (χ1n) is 5.39. The lowest BCUT2D eigenvalue weighted by Crippen LogP contribution is -2.09. The van der Waals surface area contributed by atoms with Gasteiger partial charge < -0.3 is 5.32 Å². The highest BCUT2D eigenvalue weighted by Crippen LogP contribution is 2.27. The minimum Gasteiger partial charge on any atom is -0.382 e. The molecular formula is C13H12ClN3. The molecular weight excluding hydrogens is 234 g/mol. The number of nitrogens with zero attached hydrogens (tertiary/aromatic N) is 2. The monoisotopic (exact) mass is 245 g/mol. The standard InChI is InChI=1S/C13H12ClN3/c1-9(7-15)8-17-12-5-4-11(14)10-3-2-6-16-13(10)12/h2-6,9,17H,8H2,1H3. The Hall–Kier alpha value is -1.79. The molecule has 1 aromatic carbocycles. The first-order valence-corrected chi connectivity index (χ1v) is 5.77. The summed E-state index contributed by atoms with van der Waals surface area (Å²) in [6, 6.07) is 9.71. The molecule has 1 heterocycles. The highest BCUT2D eigenvalue weighted by Gasteiger charge is 2.06. The van der Waals surface area contributed by atoms with Gasteiger partial charge in [0.05, 0.1) is 28.2 Å². The van der Waals surface area contributed by atoms with Crippen LogP contribution in [0.3, 0.4) is 0 Å². The summed E-state index contributed by atoms with van der Waals surface area (Å²) in [6.45, 7) is 2.47. The molecule has 1 atom stereocenters. The van der Waals surface area contributed by atoms with Crippen LogP contribution in [0.15, 0.2) is 30.5 Å². The number of hydrogen-bond donors (Lipinski definition) is 1. The Balaban J connectivity index is 2.36. The van der Waals surface area contributed by atoms with Gasteiger partial charge in [0.1, 0.15) is 0 Å². The Morgan fingerprint density at radius 1 is 1.47 bits per heavy atom. The quantitative estimate of drug-likeness (QED) is 0.901. The van der Waals surface area contributed by atoms with Gasteiger partial charge in [-0.25, -0.2) is 0 Å². The van der Waals surface area contributed by atoms with E-state index in [2.05, 4.69) is 16.4 Å². The van der Waals surface area contributed by atoms with Crippen molar-refractivity contribution in [3.63, 3.8) is 0 Å². The molecule has 4 heteroatoms. The predicted octanol–water partition coefficient (Wildman–Crippen LogP) is 3.46. The molecule has 1 N–H and O–H groups in total. The number of fused-ring (bicyclic) bond motifs is 1. The molecule has 0 aliphatic rings. The van der Waals surface area contributed by atoms with E-state index in [1.165, 1.54) is 0 Å². The van der Waals surface area contributed by atoms with Crippen molar-refractivity contribution in [2.75, 3.05) is 11.9 Å². The van der Waals surface area contributed by atoms with Crippen LogP contribution in [0.2, 0.25) is 5.02 Å².